The van der Waals surface area contributed by atoms with E-state index in [1.807, 2.05) is 10.6 Å². The minimum atomic E-state index is -4.43. The maximum atomic E-state index is 13.2. The molecule has 0 aliphatic carbocycles. The van der Waals surface area contributed by atoms with Crippen LogP contribution in [0.3, 0.4) is 0 Å². The fraction of sp³-hybridized carbons (Fsp3) is 0.350. The van der Waals surface area contributed by atoms with E-state index in [-0.39, 0.29) is 5.56 Å². The number of piperidine rings is 1. The summed E-state index contributed by atoms with van der Waals surface area (Å²) in [6.07, 6.45) is 2.07. The third kappa shape index (κ3) is 2.92. The number of rotatable bonds is 2. The van der Waals surface area contributed by atoms with Crippen LogP contribution in [0.15, 0.2) is 41.3 Å². The molecule has 1 saturated heterocycles. The van der Waals surface area contributed by atoms with Crippen molar-refractivity contribution in [3.8, 4) is 0 Å². The van der Waals surface area contributed by atoms with Crippen LogP contribution in [-0.2, 0) is 12.7 Å². The van der Waals surface area contributed by atoms with E-state index in [1.54, 1.807) is 10.7 Å². The molecular weight excluding hydrogens is 383 g/mol. The van der Waals surface area contributed by atoms with Crippen LogP contribution in [0, 0.1) is 0 Å². The fourth-order valence-corrected chi connectivity index (χ4v) is 4.10. The highest BCUT2D eigenvalue weighted by Gasteiger charge is 2.31. The molecule has 6 nitrogen and oxygen atoms in total. The highest BCUT2D eigenvalue weighted by atomic mass is 19.4. The Balaban J connectivity index is 1.66. The molecule has 0 saturated carbocycles. The van der Waals surface area contributed by atoms with E-state index in [0.29, 0.717) is 34.8 Å². The summed E-state index contributed by atoms with van der Waals surface area (Å²) in [6.45, 7) is 2.07. The normalized spacial score (nSPS) is 16.9. The standard InChI is InChI=1S/C20H18F3N5O/c21-20(22,23)14-6-4-5-13(11-14)16-7-10-27-18-15(12-24-28(16)18)17(29)25-19(27)26-8-2-1-3-9-26/h4-7,11-12H,1-3,8-10H2. The Morgan fingerprint density at radius 2 is 1.86 bits per heavy atom. The molecule has 29 heavy (non-hydrogen) atoms. The van der Waals surface area contributed by atoms with Crippen LogP contribution in [0.4, 0.5) is 19.1 Å². The molecule has 1 aromatic carbocycles. The Morgan fingerprint density at radius 3 is 2.62 bits per heavy atom. The predicted molar refractivity (Wildman–Crippen MR) is 103 cm³/mol. The minimum absolute atomic E-state index is 0.364. The molecule has 0 amide bonds. The summed E-state index contributed by atoms with van der Waals surface area (Å²) < 4.78 is 42.9. The molecule has 2 aliphatic heterocycles. The summed E-state index contributed by atoms with van der Waals surface area (Å²) in [7, 11) is 0. The number of nitrogens with zero attached hydrogens (tertiary/aromatic N) is 5. The third-order valence-corrected chi connectivity index (χ3v) is 5.49. The van der Waals surface area contributed by atoms with Crippen LogP contribution in [0.1, 0.15) is 30.4 Å². The van der Waals surface area contributed by atoms with Crippen LogP contribution in [0.2, 0.25) is 0 Å². The molecule has 0 spiro atoms. The number of benzene rings is 1. The monoisotopic (exact) mass is 401 g/mol. The number of halogens is 3. The van der Waals surface area contributed by atoms with Gasteiger partial charge in [0.15, 0.2) is 5.65 Å². The first-order chi connectivity index (χ1) is 13.9. The van der Waals surface area contributed by atoms with Crippen molar-refractivity contribution in [3.05, 3.63) is 58.0 Å². The van der Waals surface area contributed by atoms with Crippen molar-refractivity contribution in [3.63, 3.8) is 0 Å². The summed E-state index contributed by atoms with van der Waals surface area (Å²) in [4.78, 5) is 19.0. The first-order valence-corrected chi connectivity index (χ1v) is 9.55. The molecule has 0 bridgehead atoms. The number of alkyl halides is 3. The van der Waals surface area contributed by atoms with Crippen molar-refractivity contribution >= 4 is 22.7 Å². The van der Waals surface area contributed by atoms with Gasteiger partial charge in [-0.25, -0.2) is 4.68 Å². The lowest BCUT2D eigenvalue weighted by atomic mass is 10.1. The second kappa shape index (κ2) is 6.47. The third-order valence-electron chi connectivity index (χ3n) is 5.49. The van der Waals surface area contributed by atoms with E-state index in [1.165, 1.54) is 12.3 Å². The lowest BCUT2D eigenvalue weighted by Crippen LogP contribution is -2.35. The van der Waals surface area contributed by atoms with Gasteiger partial charge in [-0.2, -0.15) is 23.3 Å². The van der Waals surface area contributed by atoms with E-state index in [0.717, 1.165) is 44.5 Å². The summed E-state index contributed by atoms with van der Waals surface area (Å²) in [5.41, 5.74) is 0.418. The topological polar surface area (TPSA) is 56.0 Å². The van der Waals surface area contributed by atoms with E-state index >= 15 is 0 Å². The van der Waals surface area contributed by atoms with Gasteiger partial charge < -0.3 is 4.90 Å². The maximum Gasteiger partial charge on any atom is 0.416 e. The molecule has 0 unspecified atom stereocenters. The average Bonchev–Trinajstić information content (AvgIpc) is 3.17. The lowest BCUT2D eigenvalue weighted by Gasteiger charge is -2.31. The van der Waals surface area contributed by atoms with Gasteiger partial charge >= 0.3 is 6.18 Å². The van der Waals surface area contributed by atoms with Crippen LogP contribution in [0.5, 0.6) is 0 Å². The molecule has 1 fully saturated rings. The number of hydrogen-bond donors (Lipinski definition) is 0. The Morgan fingerprint density at radius 1 is 1.07 bits per heavy atom. The second-order valence-corrected chi connectivity index (χ2v) is 7.34. The SMILES string of the molecule is O=c1nc(N2CCCCC2)n2c3c1cnn3C(c1cccc(C(F)(F)F)c1)=CC2. The van der Waals surface area contributed by atoms with Gasteiger partial charge in [-0.15, -0.1) is 0 Å². The summed E-state index contributed by atoms with van der Waals surface area (Å²) in [5, 5.41) is 4.67. The van der Waals surface area contributed by atoms with Gasteiger partial charge in [-0.05, 0) is 37.5 Å². The molecule has 2 aliphatic rings. The van der Waals surface area contributed by atoms with Crippen molar-refractivity contribution in [1.29, 1.82) is 0 Å². The molecular formula is C20H18F3N5O. The zero-order valence-corrected chi connectivity index (χ0v) is 15.5. The van der Waals surface area contributed by atoms with E-state index in [9.17, 15) is 18.0 Å². The molecule has 5 rings (SSSR count). The van der Waals surface area contributed by atoms with Gasteiger partial charge in [-0.1, -0.05) is 12.1 Å². The first kappa shape index (κ1) is 18.0. The molecule has 150 valence electrons. The average molecular weight is 401 g/mol. The Kier molecular flexibility index (Phi) is 4.01. The Labute approximate surface area is 163 Å². The van der Waals surface area contributed by atoms with Crippen molar-refractivity contribution in [2.75, 3.05) is 18.0 Å². The van der Waals surface area contributed by atoms with Gasteiger partial charge in [-0.3, -0.25) is 9.36 Å². The number of hydrogen-bond acceptors (Lipinski definition) is 4. The fourth-order valence-electron chi connectivity index (χ4n) is 4.10. The Bertz CT molecular complexity index is 1190. The van der Waals surface area contributed by atoms with Crippen LogP contribution >= 0.6 is 0 Å². The number of aromatic nitrogens is 4. The maximum absolute atomic E-state index is 13.2. The van der Waals surface area contributed by atoms with Crippen LogP contribution in [0.25, 0.3) is 16.7 Å². The van der Waals surface area contributed by atoms with Gasteiger partial charge in [0.2, 0.25) is 5.95 Å². The molecule has 2 aromatic heterocycles. The number of anilines is 1. The van der Waals surface area contributed by atoms with Gasteiger partial charge in [0.05, 0.1) is 17.5 Å². The van der Waals surface area contributed by atoms with E-state index < -0.39 is 11.7 Å². The lowest BCUT2D eigenvalue weighted by molar-refractivity contribution is -0.137. The highest BCUT2D eigenvalue weighted by molar-refractivity contribution is 5.83. The van der Waals surface area contributed by atoms with E-state index in [4.69, 9.17) is 0 Å². The predicted octanol–water partition coefficient (Wildman–Crippen LogP) is 3.50. The van der Waals surface area contributed by atoms with Gasteiger partial charge in [0.25, 0.3) is 5.56 Å². The number of allylic oxidation sites excluding steroid dienone is 1. The zero-order valence-electron chi connectivity index (χ0n) is 15.5. The van der Waals surface area contributed by atoms with Crippen LogP contribution < -0.4 is 10.5 Å². The van der Waals surface area contributed by atoms with Crippen LogP contribution in [-0.4, -0.2) is 32.4 Å². The van der Waals surface area contributed by atoms with Crippen molar-refractivity contribution < 1.29 is 13.2 Å². The molecule has 4 heterocycles. The molecule has 9 heteroatoms. The Hall–Kier alpha value is -3.10. The first-order valence-electron chi connectivity index (χ1n) is 9.55. The molecule has 0 radical (unpaired) electrons. The molecule has 3 aromatic rings. The van der Waals surface area contributed by atoms with Crippen molar-refractivity contribution in [1.82, 2.24) is 19.3 Å². The van der Waals surface area contributed by atoms with Crippen molar-refractivity contribution in [2.24, 2.45) is 0 Å². The summed E-state index contributed by atoms with van der Waals surface area (Å²) in [5.74, 6) is 0.600. The van der Waals surface area contributed by atoms with Gasteiger partial charge in [0.1, 0.15) is 5.39 Å². The zero-order chi connectivity index (χ0) is 20.2. The van der Waals surface area contributed by atoms with E-state index in [2.05, 4.69) is 15.0 Å². The summed E-state index contributed by atoms with van der Waals surface area (Å²) in [6, 6.07) is 5.16. The smallest absolute Gasteiger partial charge is 0.342 e. The van der Waals surface area contributed by atoms with Gasteiger partial charge in [0, 0.05) is 25.2 Å². The minimum Gasteiger partial charge on any atom is -0.342 e. The molecule has 0 atom stereocenters. The summed E-state index contributed by atoms with van der Waals surface area (Å²) >= 11 is 0. The van der Waals surface area contributed by atoms with Crippen molar-refractivity contribution in [2.45, 2.75) is 32.0 Å². The highest BCUT2D eigenvalue weighted by Crippen LogP contribution is 2.33. The second-order valence-electron chi connectivity index (χ2n) is 7.34. The quantitative estimate of drug-likeness (QED) is 0.660. The molecule has 0 N–H and O–H groups in total. The largest absolute Gasteiger partial charge is 0.416 e.